The van der Waals surface area contributed by atoms with E-state index in [-0.39, 0.29) is 5.69 Å². The first kappa shape index (κ1) is 21.9. The van der Waals surface area contributed by atoms with Crippen LogP contribution in [0.25, 0.3) is 12.2 Å². The maximum absolute atomic E-state index is 11.5. The molecule has 10 heteroatoms. The van der Waals surface area contributed by atoms with Crippen molar-refractivity contribution in [2.75, 3.05) is 27.3 Å². The SMILES string of the molecule is C1CCNCC1.COc1ccc(/C=C/c2[nH]c(=O)[nH]c(=O)c2[N+](=O)[O-])cc1OC. The summed E-state index contributed by atoms with van der Waals surface area (Å²) in [4.78, 5) is 36.9. The Kier molecular flexibility index (Phi) is 8.16. The largest absolute Gasteiger partial charge is 0.493 e. The molecule has 1 saturated heterocycles. The van der Waals surface area contributed by atoms with E-state index in [1.807, 2.05) is 4.98 Å². The van der Waals surface area contributed by atoms with E-state index in [1.165, 1.54) is 58.7 Å². The van der Waals surface area contributed by atoms with Gasteiger partial charge in [-0.15, -0.1) is 0 Å². The molecule has 1 aromatic carbocycles. The minimum absolute atomic E-state index is 0.196. The number of ether oxygens (including phenoxy) is 2. The van der Waals surface area contributed by atoms with Crippen LogP contribution in [0.15, 0.2) is 27.8 Å². The summed E-state index contributed by atoms with van der Waals surface area (Å²) in [7, 11) is 2.97. The second-order valence-corrected chi connectivity index (χ2v) is 6.19. The molecule has 0 radical (unpaired) electrons. The van der Waals surface area contributed by atoms with Crippen LogP contribution in [0.1, 0.15) is 30.5 Å². The number of benzene rings is 1. The number of piperidine rings is 1. The van der Waals surface area contributed by atoms with Gasteiger partial charge >= 0.3 is 16.9 Å². The van der Waals surface area contributed by atoms with Crippen LogP contribution >= 0.6 is 0 Å². The number of aromatic amines is 2. The Balaban J connectivity index is 0.000000426. The van der Waals surface area contributed by atoms with Crippen molar-refractivity contribution in [3.8, 4) is 11.5 Å². The van der Waals surface area contributed by atoms with E-state index >= 15 is 0 Å². The number of methoxy groups -OCH3 is 2. The fourth-order valence-corrected chi connectivity index (χ4v) is 2.74. The Bertz CT molecular complexity index is 964. The van der Waals surface area contributed by atoms with Crippen molar-refractivity contribution in [2.24, 2.45) is 0 Å². The predicted octanol–water partition coefficient (Wildman–Crippen LogP) is 1.92. The molecular weight excluding hydrogens is 380 g/mol. The molecule has 156 valence electrons. The summed E-state index contributed by atoms with van der Waals surface area (Å²) in [6.07, 6.45) is 6.99. The highest BCUT2D eigenvalue weighted by atomic mass is 16.6. The van der Waals surface area contributed by atoms with E-state index in [0.29, 0.717) is 17.1 Å². The summed E-state index contributed by atoms with van der Waals surface area (Å²) in [5.41, 5.74) is -2.18. The number of H-pyrrole nitrogens is 2. The molecule has 0 amide bonds. The molecule has 0 aliphatic carbocycles. The average Bonchev–Trinajstić information content (AvgIpc) is 2.72. The standard InChI is InChI=1S/C14H13N3O6.C5H11N/c1-22-10-6-4-8(7-11(10)23-2)3-5-9-12(17(20)21)13(18)16-14(19)15-9;1-2-4-6-5-3-1/h3-7H,1-2H3,(H2,15,16,18,19);6H,1-5H2/b5-3+;. The Labute approximate surface area is 166 Å². The maximum atomic E-state index is 11.5. The van der Waals surface area contributed by atoms with Crippen LogP contribution in [0.4, 0.5) is 5.69 Å². The van der Waals surface area contributed by atoms with Gasteiger partial charge in [0.1, 0.15) is 5.69 Å². The van der Waals surface area contributed by atoms with Gasteiger partial charge in [0.05, 0.1) is 19.1 Å². The number of rotatable bonds is 5. The van der Waals surface area contributed by atoms with E-state index < -0.39 is 21.9 Å². The second-order valence-electron chi connectivity index (χ2n) is 6.19. The van der Waals surface area contributed by atoms with Gasteiger partial charge in [-0.05, 0) is 49.7 Å². The van der Waals surface area contributed by atoms with Gasteiger partial charge in [-0.25, -0.2) is 4.79 Å². The highest BCUT2D eigenvalue weighted by Crippen LogP contribution is 2.28. The van der Waals surface area contributed by atoms with Crippen LogP contribution in [0.5, 0.6) is 11.5 Å². The molecule has 10 nitrogen and oxygen atoms in total. The first-order chi connectivity index (χ1) is 14.0. The lowest BCUT2D eigenvalue weighted by Crippen LogP contribution is -2.25. The van der Waals surface area contributed by atoms with E-state index in [0.717, 1.165) is 0 Å². The number of nitrogens with one attached hydrogen (secondary N) is 3. The Hall–Kier alpha value is -3.40. The zero-order valence-corrected chi connectivity index (χ0v) is 16.3. The summed E-state index contributed by atoms with van der Waals surface area (Å²) in [6, 6.07) is 4.99. The molecule has 3 rings (SSSR count). The number of aromatic nitrogens is 2. The molecule has 0 unspecified atom stereocenters. The normalized spacial score (nSPS) is 13.4. The van der Waals surface area contributed by atoms with Crippen molar-refractivity contribution in [1.82, 2.24) is 15.3 Å². The van der Waals surface area contributed by atoms with Crippen LogP contribution in [-0.4, -0.2) is 42.2 Å². The highest BCUT2D eigenvalue weighted by molar-refractivity contribution is 5.72. The topological polar surface area (TPSA) is 139 Å². The molecule has 1 fully saturated rings. The fraction of sp³-hybridized carbons (Fsp3) is 0.368. The third kappa shape index (κ3) is 6.32. The average molecular weight is 404 g/mol. The molecule has 29 heavy (non-hydrogen) atoms. The molecule has 1 aromatic heterocycles. The summed E-state index contributed by atoms with van der Waals surface area (Å²) in [6.45, 7) is 2.50. The van der Waals surface area contributed by atoms with E-state index in [1.54, 1.807) is 18.2 Å². The smallest absolute Gasteiger partial charge is 0.357 e. The Morgan fingerprint density at radius 3 is 2.21 bits per heavy atom. The summed E-state index contributed by atoms with van der Waals surface area (Å²) >= 11 is 0. The van der Waals surface area contributed by atoms with Gasteiger partial charge in [-0.2, -0.15) is 0 Å². The van der Waals surface area contributed by atoms with Gasteiger partial charge in [-0.3, -0.25) is 19.9 Å². The Morgan fingerprint density at radius 1 is 1.00 bits per heavy atom. The minimum atomic E-state index is -1.06. The number of nitro groups is 1. The monoisotopic (exact) mass is 404 g/mol. The van der Waals surface area contributed by atoms with Crippen LogP contribution < -0.4 is 26.0 Å². The number of hydrogen-bond donors (Lipinski definition) is 3. The zero-order chi connectivity index (χ0) is 21.2. The number of hydrogen-bond acceptors (Lipinski definition) is 7. The van der Waals surface area contributed by atoms with Crippen LogP contribution in [-0.2, 0) is 0 Å². The van der Waals surface area contributed by atoms with Gasteiger partial charge in [0.2, 0.25) is 0 Å². The maximum Gasteiger partial charge on any atom is 0.357 e. The lowest BCUT2D eigenvalue weighted by molar-refractivity contribution is -0.386. The lowest BCUT2D eigenvalue weighted by Gasteiger charge is -2.08. The van der Waals surface area contributed by atoms with Crippen molar-refractivity contribution >= 4 is 17.8 Å². The van der Waals surface area contributed by atoms with Crippen molar-refractivity contribution in [3.63, 3.8) is 0 Å². The molecule has 0 saturated carbocycles. The third-order valence-electron chi connectivity index (χ3n) is 4.19. The number of nitrogens with zero attached hydrogens (tertiary/aromatic N) is 1. The first-order valence-electron chi connectivity index (χ1n) is 9.08. The van der Waals surface area contributed by atoms with Gasteiger partial charge in [0.15, 0.2) is 11.5 Å². The molecule has 1 aliphatic rings. The summed E-state index contributed by atoms with van der Waals surface area (Å²) in [5, 5.41) is 14.2. The van der Waals surface area contributed by atoms with E-state index in [2.05, 4.69) is 10.3 Å². The molecule has 0 atom stereocenters. The third-order valence-corrected chi connectivity index (χ3v) is 4.19. The molecule has 2 aromatic rings. The van der Waals surface area contributed by atoms with Gasteiger partial charge in [0.25, 0.3) is 0 Å². The predicted molar refractivity (Wildman–Crippen MR) is 110 cm³/mol. The molecular formula is C19H24N4O6. The minimum Gasteiger partial charge on any atom is -0.493 e. The first-order valence-corrected chi connectivity index (χ1v) is 9.08. The van der Waals surface area contributed by atoms with E-state index in [9.17, 15) is 19.7 Å². The summed E-state index contributed by atoms with van der Waals surface area (Å²) in [5.74, 6) is 1.00. The van der Waals surface area contributed by atoms with E-state index in [4.69, 9.17) is 9.47 Å². The van der Waals surface area contributed by atoms with Crippen molar-refractivity contribution in [3.05, 3.63) is 60.4 Å². The van der Waals surface area contributed by atoms with Crippen molar-refractivity contribution < 1.29 is 14.4 Å². The fourth-order valence-electron chi connectivity index (χ4n) is 2.74. The quantitative estimate of drug-likeness (QED) is 0.511. The van der Waals surface area contributed by atoms with Gasteiger partial charge in [0, 0.05) is 0 Å². The molecule has 0 spiro atoms. The van der Waals surface area contributed by atoms with Gasteiger partial charge < -0.3 is 19.8 Å². The van der Waals surface area contributed by atoms with Crippen LogP contribution in [0.3, 0.4) is 0 Å². The summed E-state index contributed by atoms with van der Waals surface area (Å²) < 4.78 is 10.3. The lowest BCUT2D eigenvalue weighted by atomic mass is 10.1. The second kappa shape index (κ2) is 10.8. The Morgan fingerprint density at radius 2 is 1.69 bits per heavy atom. The zero-order valence-electron chi connectivity index (χ0n) is 16.3. The molecule has 0 bridgehead atoms. The molecule has 1 aliphatic heterocycles. The molecule has 3 N–H and O–H groups in total. The molecule has 2 heterocycles. The highest BCUT2D eigenvalue weighted by Gasteiger charge is 2.18. The van der Waals surface area contributed by atoms with Crippen LogP contribution in [0, 0.1) is 10.1 Å². The van der Waals surface area contributed by atoms with Crippen molar-refractivity contribution in [1.29, 1.82) is 0 Å². The van der Waals surface area contributed by atoms with Crippen LogP contribution in [0.2, 0.25) is 0 Å². The van der Waals surface area contributed by atoms with Crippen molar-refractivity contribution in [2.45, 2.75) is 19.3 Å². The van der Waals surface area contributed by atoms with Gasteiger partial charge in [-0.1, -0.05) is 18.6 Å².